The Balaban J connectivity index is 2.11. The molecule has 5 heteroatoms. The number of halogens is 3. The Hall–Kier alpha value is -2.43. The van der Waals surface area contributed by atoms with Crippen molar-refractivity contribution in [2.75, 3.05) is 0 Å². The van der Waals surface area contributed by atoms with Gasteiger partial charge < -0.3 is 0 Å². The molecule has 20 heavy (non-hydrogen) atoms. The molecule has 0 bridgehead atoms. The average Bonchev–Trinajstić information content (AvgIpc) is 2.46. The highest BCUT2D eigenvalue weighted by Crippen LogP contribution is 2.31. The van der Waals surface area contributed by atoms with Crippen LogP contribution < -0.4 is 0 Å². The van der Waals surface area contributed by atoms with Crippen LogP contribution in [0.25, 0.3) is 22.3 Å². The number of pyridine rings is 2. The van der Waals surface area contributed by atoms with Gasteiger partial charge in [0.2, 0.25) is 0 Å². The Bertz CT molecular complexity index is 766. The van der Waals surface area contributed by atoms with Crippen LogP contribution in [0.1, 0.15) is 5.56 Å². The van der Waals surface area contributed by atoms with Crippen molar-refractivity contribution in [2.24, 2.45) is 0 Å². The lowest BCUT2D eigenvalue weighted by Crippen LogP contribution is -2.04. The molecule has 2 heterocycles. The summed E-state index contributed by atoms with van der Waals surface area (Å²) in [4.78, 5) is 8.40. The van der Waals surface area contributed by atoms with Gasteiger partial charge in [0, 0.05) is 17.1 Å². The van der Waals surface area contributed by atoms with Gasteiger partial charge in [-0.25, -0.2) is 9.97 Å². The van der Waals surface area contributed by atoms with Gasteiger partial charge in [-0.3, -0.25) is 0 Å². The van der Waals surface area contributed by atoms with Crippen LogP contribution in [0.2, 0.25) is 0 Å². The molecule has 0 fully saturated rings. The zero-order valence-corrected chi connectivity index (χ0v) is 10.2. The molecule has 3 rings (SSSR count). The quantitative estimate of drug-likeness (QED) is 0.660. The highest BCUT2D eigenvalue weighted by atomic mass is 19.4. The maximum atomic E-state index is 12.7. The van der Waals surface area contributed by atoms with Crippen molar-refractivity contribution in [1.29, 1.82) is 0 Å². The third-order valence-corrected chi connectivity index (χ3v) is 2.95. The molecule has 0 amide bonds. The van der Waals surface area contributed by atoms with E-state index in [4.69, 9.17) is 0 Å². The van der Waals surface area contributed by atoms with E-state index in [0.29, 0.717) is 16.9 Å². The number of nitrogens with zero attached hydrogens (tertiary/aromatic N) is 2. The summed E-state index contributed by atoms with van der Waals surface area (Å²) in [5, 5.41) is 0.850. The number of fused-ring (bicyclic) bond motifs is 1. The maximum absolute atomic E-state index is 12.7. The summed E-state index contributed by atoms with van der Waals surface area (Å²) in [5.74, 6) is 0. The summed E-state index contributed by atoms with van der Waals surface area (Å²) in [6.45, 7) is 0. The van der Waals surface area contributed by atoms with E-state index in [2.05, 4.69) is 9.97 Å². The molecule has 0 aliphatic rings. The molecule has 0 unspecified atom stereocenters. The largest absolute Gasteiger partial charge is 0.416 e. The van der Waals surface area contributed by atoms with Gasteiger partial charge >= 0.3 is 6.18 Å². The Kier molecular flexibility index (Phi) is 2.89. The van der Waals surface area contributed by atoms with Crippen molar-refractivity contribution in [1.82, 2.24) is 9.97 Å². The zero-order chi connectivity index (χ0) is 14.2. The van der Waals surface area contributed by atoms with Crippen LogP contribution in [0.15, 0.2) is 54.7 Å². The first-order valence-electron chi connectivity index (χ1n) is 5.93. The van der Waals surface area contributed by atoms with Gasteiger partial charge in [-0.2, -0.15) is 13.2 Å². The second-order valence-electron chi connectivity index (χ2n) is 4.33. The normalized spacial score (nSPS) is 11.8. The SMILES string of the molecule is FC(F)(F)c1cccc(-c2ccc3cccnc3n2)c1. The molecular formula is C15H9F3N2. The molecular weight excluding hydrogens is 265 g/mol. The smallest absolute Gasteiger partial charge is 0.237 e. The number of rotatable bonds is 1. The molecule has 0 N–H and O–H groups in total. The van der Waals surface area contributed by atoms with E-state index in [1.165, 1.54) is 6.07 Å². The van der Waals surface area contributed by atoms with Crippen LogP contribution in [0, 0.1) is 0 Å². The van der Waals surface area contributed by atoms with Crippen molar-refractivity contribution >= 4 is 11.0 Å². The van der Waals surface area contributed by atoms with Crippen LogP contribution in [0.5, 0.6) is 0 Å². The first-order valence-corrected chi connectivity index (χ1v) is 5.93. The van der Waals surface area contributed by atoms with E-state index in [1.807, 2.05) is 6.07 Å². The third kappa shape index (κ3) is 2.34. The van der Waals surface area contributed by atoms with Crippen molar-refractivity contribution in [3.8, 4) is 11.3 Å². The van der Waals surface area contributed by atoms with Crippen LogP contribution in [-0.2, 0) is 6.18 Å². The van der Waals surface area contributed by atoms with Crippen molar-refractivity contribution < 1.29 is 13.2 Å². The molecule has 1 aromatic carbocycles. The fourth-order valence-electron chi connectivity index (χ4n) is 1.97. The van der Waals surface area contributed by atoms with Crippen molar-refractivity contribution in [3.63, 3.8) is 0 Å². The number of alkyl halides is 3. The lowest BCUT2D eigenvalue weighted by Gasteiger charge is -2.08. The van der Waals surface area contributed by atoms with Gasteiger partial charge in [-0.15, -0.1) is 0 Å². The van der Waals surface area contributed by atoms with Crippen molar-refractivity contribution in [2.45, 2.75) is 6.18 Å². The number of benzene rings is 1. The Morgan fingerprint density at radius 1 is 0.900 bits per heavy atom. The van der Waals surface area contributed by atoms with Gasteiger partial charge in [-0.05, 0) is 36.4 Å². The third-order valence-electron chi connectivity index (χ3n) is 2.95. The molecule has 100 valence electrons. The topological polar surface area (TPSA) is 25.8 Å². The molecule has 2 nitrogen and oxygen atoms in total. The van der Waals surface area contributed by atoms with Gasteiger partial charge in [0.15, 0.2) is 5.65 Å². The summed E-state index contributed by atoms with van der Waals surface area (Å²) >= 11 is 0. The lowest BCUT2D eigenvalue weighted by atomic mass is 10.1. The second-order valence-corrected chi connectivity index (χ2v) is 4.33. The van der Waals surface area contributed by atoms with Crippen LogP contribution in [-0.4, -0.2) is 9.97 Å². The molecule has 0 saturated carbocycles. The predicted molar refractivity (Wildman–Crippen MR) is 70.0 cm³/mol. The molecule has 2 aromatic heterocycles. The van der Waals surface area contributed by atoms with Crippen LogP contribution >= 0.6 is 0 Å². The molecule has 0 atom stereocenters. The first kappa shape index (κ1) is 12.6. The maximum Gasteiger partial charge on any atom is 0.416 e. The minimum Gasteiger partial charge on any atom is -0.237 e. The van der Waals surface area contributed by atoms with E-state index in [-0.39, 0.29) is 0 Å². The van der Waals surface area contributed by atoms with Gasteiger partial charge in [0.1, 0.15) is 0 Å². The zero-order valence-electron chi connectivity index (χ0n) is 10.2. The monoisotopic (exact) mass is 274 g/mol. The second kappa shape index (κ2) is 4.59. The highest BCUT2D eigenvalue weighted by Gasteiger charge is 2.30. The van der Waals surface area contributed by atoms with E-state index in [1.54, 1.807) is 30.5 Å². The highest BCUT2D eigenvalue weighted by molar-refractivity contribution is 5.78. The summed E-state index contributed by atoms with van der Waals surface area (Å²) in [6.07, 6.45) is -2.75. The predicted octanol–water partition coefficient (Wildman–Crippen LogP) is 4.32. The van der Waals surface area contributed by atoms with Crippen LogP contribution in [0.3, 0.4) is 0 Å². The minimum atomic E-state index is -4.36. The average molecular weight is 274 g/mol. The Morgan fingerprint density at radius 3 is 2.55 bits per heavy atom. The van der Waals surface area contributed by atoms with E-state index >= 15 is 0 Å². The Labute approximate surface area is 112 Å². The van der Waals surface area contributed by atoms with Crippen LogP contribution in [0.4, 0.5) is 13.2 Å². The number of hydrogen-bond donors (Lipinski definition) is 0. The molecule has 0 saturated heterocycles. The van der Waals surface area contributed by atoms with E-state index in [9.17, 15) is 13.2 Å². The molecule has 3 aromatic rings. The summed E-state index contributed by atoms with van der Waals surface area (Å²) in [5.41, 5.74) is 0.731. The molecule has 0 aliphatic carbocycles. The fraction of sp³-hybridized carbons (Fsp3) is 0.0667. The molecule has 0 aliphatic heterocycles. The van der Waals surface area contributed by atoms with Gasteiger partial charge in [0.05, 0.1) is 11.3 Å². The minimum absolute atomic E-state index is 0.423. The standard InChI is InChI=1S/C15H9F3N2/c16-15(17,18)12-5-1-3-11(9-12)13-7-6-10-4-2-8-19-14(10)20-13/h1-9H. The van der Waals surface area contributed by atoms with Gasteiger partial charge in [0.25, 0.3) is 0 Å². The Morgan fingerprint density at radius 2 is 1.75 bits per heavy atom. The van der Waals surface area contributed by atoms with Gasteiger partial charge in [-0.1, -0.05) is 12.1 Å². The molecule has 0 radical (unpaired) electrons. The first-order chi connectivity index (χ1) is 9.54. The van der Waals surface area contributed by atoms with E-state index < -0.39 is 11.7 Å². The number of hydrogen-bond acceptors (Lipinski definition) is 2. The van der Waals surface area contributed by atoms with Crippen molar-refractivity contribution in [3.05, 3.63) is 60.3 Å². The lowest BCUT2D eigenvalue weighted by molar-refractivity contribution is -0.137. The summed E-state index contributed by atoms with van der Waals surface area (Å²) in [6, 6.07) is 12.2. The van der Waals surface area contributed by atoms with E-state index in [0.717, 1.165) is 17.5 Å². The fourth-order valence-corrected chi connectivity index (χ4v) is 1.97. The summed E-state index contributed by atoms with van der Waals surface area (Å²) < 4.78 is 38.1. The summed E-state index contributed by atoms with van der Waals surface area (Å²) in [7, 11) is 0. The molecule has 0 spiro atoms. The number of aromatic nitrogens is 2.